The third kappa shape index (κ3) is 5.23. The summed E-state index contributed by atoms with van der Waals surface area (Å²) in [5.74, 6) is 0.250. The van der Waals surface area contributed by atoms with Crippen molar-refractivity contribution in [1.29, 1.82) is 5.26 Å². The lowest BCUT2D eigenvalue weighted by Crippen LogP contribution is -2.25. The first-order valence-electron chi connectivity index (χ1n) is 10.9. The molecule has 5 nitrogen and oxygen atoms in total. The number of halogens is 1. The summed E-state index contributed by atoms with van der Waals surface area (Å²) in [5, 5.41) is 19.9. The van der Waals surface area contributed by atoms with Crippen LogP contribution in [-0.2, 0) is 22.4 Å². The monoisotopic (exact) mass is 435 g/mol. The molecule has 2 aromatic carbocycles. The van der Waals surface area contributed by atoms with Gasteiger partial charge in [0.2, 0.25) is 0 Å². The van der Waals surface area contributed by atoms with Crippen LogP contribution in [0.5, 0.6) is 0 Å². The molecule has 0 bridgehead atoms. The first-order chi connectivity index (χ1) is 15.0. The number of ketones is 1. The van der Waals surface area contributed by atoms with E-state index in [1.54, 1.807) is 13.0 Å². The molecule has 168 valence electrons. The number of hydrogen-bond donors (Lipinski definition) is 1. The van der Waals surface area contributed by atoms with Gasteiger partial charge in [-0.05, 0) is 58.2 Å². The van der Waals surface area contributed by atoms with Gasteiger partial charge in [0.05, 0.1) is 22.8 Å². The highest BCUT2D eigenvalue weighted by Gasteiger charge is 2.26. The van der Waals surface area contributed by atoms with Crippen molar-refractivity contribution in [2.45, 2.75) is 70.9 Å². The fourth-order valence-corrected chi connectivity index (χ4v) is 4.14. The average molecular weight is 436 g/mol. The number of aliphatic hydroxyl groups is 1. The highest BCUT2D eigenvalue weighted by atomic mass is 19.1. The summed E-state index contributed by atoms with van der Waals surface area (Å²) in [7, 11) is 0. The lowest BCUT2D eigenvalue weighted by molar-refractivity contribution is -0.123. The largest absolute Gasteiger partial charge is 0.385 e. The quantitative estimate of drug-likeness (QED) is 0.482. The number of unbranched alkanes of at least 4 members (excludes halogenated alkanes) is 1. The Morgan fingerprint density at radius 1 is 1.16 bits per heavy atom. The Hall–Kier alpha value is -3.04. The maximum absolute atomic E-state index is 14.5. The molecule has 0 aliphatic rings. The zero-order valence-electron chi connectivity index (χ0n) is 19.2. The Morgan fingerprint density at radius 3 is 2.47 bits per heavy atom. The predicted octanol–water partition coefficient (Wildman–Crippen LogP) is 5.38. The molecule has 32 heavy (non-hydrogen) atoms. The van der Waals surface area contributed by atoms with Crippen molar-refractivity contribution in [2.75, 3.05) is 0 Å². The van der Waals surface area contributed by atoms with Gasteiger partial charge in [0.25, 0.3) is 0 Å². The minimum atomic E-state index is -1.19. The van der Waals surface area contributed by atoms with Crippen molar-refractivity contribution >= 4 is 16.8 Å². The van der Waals surface area contributed by atoms with Gasteiger partial charge in [-0.3, -0.25) is 4.79 Å². The van der Waals surface area contributed by atoms with Crippen LogP contribution in [0.2, 0.25) is 0 Å². The number of rotatable bonds is 8. The van der Waals surface area contributed by atoms with Gasteiger partial charge in [-0.15, -0.1) is 0 Å². The Morgan fingerprint density at radius 2 is 1.84 bits per heavy atom. The predicted molar refractivity (Wildman–Crippen MR) is 123 cm³/mol. The van der Waals surface area contributed by atoms with Gasteiger partial charge >= 0.3 is 0 Å². The molecule has 1 heterocycles. The van der Waals surface area contributed by atoms with E-state index in [2.05, 4.69) is 4.98 Å². The molecule has 1 N–H and O–H groups in total. The van der Waals surface area contributed by atoms with Crippen molar-refractivity contribution in [2.24, 2.45) is 0 Å². The number of carbonyl (C=O) groups excluding carboxylic acids is 1. The molecule has 6 heteroatoms. The van der Waals surface area contributed by atoms with E-state index < -0.39 is 11.4 Å². The van der Waals surface area contributed by atoms with Crippen LogP contribution in [0.25, 0.3) is 11.0 Å². The van der Waals surface area contributed by atoms with Gasteiger partial charge in [0, 0.05) is 24.8 Å². The number of nitriles is 1. The van der Waals surface area contributed by atoms with E-state index in [4.69, 9.17) is 0 Å². The highest BCUT2D eigenvalue weighted by Crippen LogP contribution is 2.29. The second-order valence-electron chi connectivity index (χ2n) is 9.53. The number of Topliss-reactive ketones (excluding diaryl/α,β-unsaturated/α-hetero) is 1. The van der Waals surface area contributed by atoms with Crippen LogP contribution in [0, 0.1) is 17.1 Å². The van der Waals surface area contributed by atoms with Crippen molar-refractivity contribution in [3.8, 4) is 6.07 Å². The first-order valence-corrected chi connectivity index (χ1v) is 10.9. The highest BCUT2D eigenvalue weighted by molar-refractivity contribution is 5.80. The zero-order chi connectivity index (χ0) is 23.5. The maximum Gasteiger partial charge on any atom is 0.152 e. The summed E-state index contributed by atoms with van der Waals surface area (Å²) < 4.78 is 16.5. The number of hydrogen-bond acceptors (Lipinski definition) is 4. The number of imidazole rings is 1. The van der Waals surface area contributed by atoms with Crippen LogP contribution in [-0.4, -0.2) is 20.4 Å². The molecule has 1 aromatic heterocycles. The molecule has 0 aliphatic heterocycles. The van der Waals surface area contributed by atoms with Crippen molar-refractivity contribution in [1.82, 2.24) is 9.55 Å². The molecule has 0 spiro atoms. The Kier molecular flexibility index (Phi) is 6.80. The lowest BCUT2D eigenvalue weighted by Gasteiger charge is -2.25. The molecule has 0 amide bonds. The molecule has 0 radical (unpaired) electrons. The number of benzene rings is 2. The molecule has 1 unspecified atom stereocenters. The van der Waals surface area contributed by atoms with Crippen molar-refractivity contribution in [3.05, 3.63) is 65.2 Å². The number of aryl methyl sites for hydroxylation is 1. The average Bonchev–Trinajstić information content (AvgIpc) is 3.11. The van der Waals surface area contributed by atoms with E-state index in [0.29, 0.717) is 31.2 Å². The second-order valence-corrected chi connectivity index (χ2v) is 9.53. The molecule has 0 saturated carbocycles. The Balaban J connectivity index is 1.67. The maximum atomic E-state index is 14.5. The van der Waals surface area contributed by atoms with Crippen LogP contribution in [0.4, 0.5) is 4.39 Å². The van der Waals surface area contributed by atoms with Crippen LogP contribution in [0.3, 0.4) is 0 Å². The molecular formula is C26H30FN3O2. The van der Waals surface area contributed by atoms with Gasteiger partial charge in [-0.2, -0.15) is 5.26 Å². The summed E-state index contributed by atoms with van der Waals surface area (Å²) in [4.78, 5) is 17.0. The molecule has 3 aromatic rings. The fourth-order valence-electron chi connectivity index (χ4n) is 4.14. The van der Waals surface area contributed by atoms with E-state index in [1.165, 1.54) is 6.07 Å². The van der Waals surface area contributed by atoms with Gasteiger partial charge in [0.1, 0.15) is 17.1 Å². The van der Waals surface area contributed by atoms with Gasteiger partial charge in [0.15, 0.2) is 5.82 Å². The third-order valence-corrected chi connectivity index (χ3v) is 5.63. The minimum Gasteiger partial charge on any atom is -0.385 e. The zero-order valence-corrected chi connectivity index (χ0v) is 19.2. The summed E-state index contributed by atoms with van der Waals surface area (Å²) >= 11 is 0. The molecular weight excluding hydrogens is 405 g/mol. The molecule has 0 aliphatic carbocycles. The van der Waals surface area contributed by atoms with E-state index in [1.807, 2.05) is 61.7 Å². The first kappa shape index (κ1) is 23.6. The topological polar surface area (TPSA) is 78.9 Å². The summed E-state index contributed by atoms with van der Waals surface area (Å²) in [5.41, 5.74) is 0.348. The number of aromatic nitrogens is 2. The number of carbonyl (C=O) groups is 1. The smallest absolute Gasteiger partial charge is 0.152 e. The summed E-state index contributed by atoms with van der Waals surface area (Å²) in [6, 6.07) is 14.1. The fraction of sp³-hybridized carbons (Fsp3) is 0.423. The van der Waals surface area contributed by atoms with Crippen LogP contribution < -0.4 is 0 Å². The van der Waals surface area contributed by atoms with Gasteiger partial charge < -0.3 is 9.67 Å². The number of fused-ring (bicyclic) bond motifs is 1. The summed E-state index contributed by atoms with van der Waals surface area (Å²) in [6.07, 6.45) is 2.40. The van der Waals surface area contributed by atoms with E-state index in [-0.39, 0.29) is 28.8 Å². The molecule has 0 fully saturated rings. The minimum absolute atomic E-state index is 0.00730. The van der Waals surface area contributed by atoms with Crippen molar-refractivity contribution in [3.63, 3.8) is 0 Å². The van der Waals surface area contributed by atoms with E-state index in [9.17, 15) is 19.6 Å². The van der Waals surface area contributed by atoms with Crippen molar-refractivity contribution < 1.29 is 14.3 Å². The molecule has 1 atom stereocenters. The SMILES string of the molecule is CC(O)(CC(=O)CCCCc1nc2c(F)cc(C#N)cc2n1C(C)(C)C)c1ccccc1. The Labute approximate surface area is 188 Å². The van der Waals surface area contributed by atoms with Gasteiger partial charge in [-0.1, -0.05) is 30.3 Å². The third-order valence-electron chi connectivity index (χ3n) is 5.63. The second kappa shape index (κ2) is 9.22. The van der Waals surface area contributed by atoms with Crippen LogP contribution in [0.15, 0.2) is 42.5 Å². The van der Waals surface area contributed by atoms with E-state index >= 15 is 0 Å². The molecule has 0 saturated heterocycles. The lowest BCUT2D eigenvalue weighted by atomic mass is 9.89. The normalized spacial score (nSPS) is 13.7. The Bertz CT molecular complexity index is 1150. The molecule has 3 rings (SSSR count). The van der Waals surface area contributed by atoms with E-state index in [0.717, 1.165) is 11.4 Å². The van der Waals surface area contributed by atoms with Crippen LogP contribution >= 0.6 is 0 Å². The number of nitrogens with zero attached hydrogens (tertiary/aromatic N) is 3. The summed E-state index contributed by atoms with van der Waals surface area (Å²) in [6.45, 7) is 7.72. The van der Waals surface area contributed by atoms with Crippen LogP contribution in [0.1, 0.15) is 70.3 Å². The van der Waals surface area contributed by atoms with Gasteiger partial charge in [-0.25, -0.2) is 9.37 Å². The standard InChI is InChI=1S/C26H30FN3O2/c1-25(2,3)30-22-15-18(17-28)14-21(27)24(22)29-23(30)13-9-8-12-20(31)16-26(4,32)19-10-6-5-7-11-19/h5-7,10-11,14-15,32H,8-9,12-13,16H2,1-4H3.